The largest absolute Gasteiger partial charge is 0.394 e. The zero-order valence-corrected chi connectivity index (χ0v) is 77.4. The summed E-state index contributed by atoms with van der Waals surface area (Å²) in [7, 11) is -2.18. The smallest absolute Gasteiger partial charge is 0.297 e. The molecule has 0 amide bonds. The summed E-state index contributed by atoms with van der Waals surface area (Å²) in [6.07, 6.45) is 4.59. The molecule has 1 atom stereocenters. The Kier molecular flexibility index (Phi) is 49.0. The Bertz CT molecular complexity index is 4580. The minimum absolute atomic E-state index is 0.0180. The molecule has 4 aromatic carbocycles. The second-order valence-electron chi connectivity index (χ2n) is 28.1. The summed E-state index contributed by atoms with van der Waals surface area (Å²) >= 11 is 15.3. The molecule has 2 aliphatic heterocycles. The van der Waals surface area contributed by atoms with Gasteiger partial charge < -0.3 is 82.8 Å². The topological polar surface area (TPSA) is 368 Å². The summed E-state index contributed by atoms with van der Waals surface area (Å²) in [6.45, 7) is 33.3. The van der Waals surface area contributed by atoms with Gasteiger partial charge in [0.05, 0.1) is 184 Å². The molecule has 2 aliphatic rings. The summed E-state index contributed by atoms with van der Waals surface area (Å²) in [4.78, 5) is 64.2. The van der Waals surface area contributed by atoms with Gasteiger partial charge >= 0.3 is 0 Å². The zero-order chi connectivity index (χ0) is 89.3. The molecule has 1 unspecified atom stereocenters. The van der Waals surface area contributed by atoms with Gasteiger partial charge in [-0.3, -0.25) is 23.6 Å². The normalized spacial score (nSPS) is 13.5. The third kappa shape index (κ3) is 40.1. The molecule has 10 rings (SSSR count). The number of ether oxygens (including phenoxy) is 11. The Morgan fingerprint density at radius 1 is 0.468 bits per heavy atom. The van der Waals surface area contributed by atoms with Gasteiger partial charge in [0.25, 0.3) is 19.2 Å². The average molecular weight is 1860 g/mol. The average Bonchev–Trinajstić information content (AvgIpc) is 1.39. The first kappa shape index (κ1) is 104. The molecule has 0 spiro atoms. The number of rotatable bonds is 53. The zero-order valence-electron chi connectivity index (χ0n) is 71.9. The van der Waals surface area contributed by atoms with Crippen molar-refractivity contribution in [3.63, 3.8) is 0 Å². The van der Waals surface area contributed by atoms with Gasteiger partial charge in [0.15, 0.2) is 21.8 Å². The number of ketones is 2. The van der Waals surface area contributed by atoms with Gasteiger partial charge in [-0.2, -0.15) is 8.42 Å². The number of aromatic nitrogens is 6. The van der Waals surface area contributed by atoms with E-state index in [1.165, 1.54) is 46.9 Å². The Morgan fingerprint density at radius 2 is 0.839 bits per heavy atom. The molecule has 684 valence electrons. The maximum Gasteiger partial charge on any atom is 0.297 e. The lowest BCUT2D eigenvalue weighted by atomic mass is 10.0. The van der Waals surface area contributed by atoms with Gasteiger partial charge in [-0.1, -0.05) is 112 Å². The van der Waals surface area contributed by atoms with Gasteiger partial charge in [-0.05, 0) is 114 Å². The molecule has 0 aliphatic carbocycles. The molecule has 2 saturated heterocycles. The number of anilines is 6. The van der Waals surface area contributed by atoms with Gasteiger partial charge in [-0.25, -0.2) is 38.3 Å². The predicted octanol–water partition coefficient (Wildman–Crippen LogP) is 11.5. The number of nitrogens with zero attached hydrogens (tertiary/aromatic N) is 10. The number of aliphatic hydroxyl groups excluding tert-OH is 2. The van der Waals surface area contributed by atoms with E-state index >= 15 is 0 Å². The molecule has 2 fully saturated rings. The monoisotopic (exact) mass is 1860 g/mol. The summed E-state index contributed by atoms with van der Waals surface area (Å²) < 4.78 is 110. The van der Waals surface area contributed by atoms with Crippen molar-refractivity contribution >= 4 is 121 Å². The molecule has 8 aromatic rings. The van der Waals surface area contributed by atoms with Crippen LogP contribution in [0.1, 0.15) is 84.6 Å². The van der Waals surface area contributed by atoms with Crippen LogP contribution in [0.3, 0.4) is 0 Å². The first-order valence-corrected chi connectivity index (χ1v) is 47.2. The maximum atomic E-state index is 13.1. The molecule has 0 bridgehead atoms. The lowest BCUT2D eigenvalue weighted by Gasteiger charge is -2.38. The van der Waals surface area contributed by atoms with E-state index in [2.05, 4.69) is 64.0 Å². The Morgan fingerprint density at radius 3 is 1.23 bits per heavy atom. The Labute approximate surface area is 751 Å². The highest BCUT2D eigenvalue weighted by molar-refractivity contribution is 8.13. The van der Waals surface area contributed by atoms with Crippen LogP contribution in [0.4, 0.5) is 33.5 Å². The minimum Gasteiger partial charge on any atom is -0.394 e. The maximum absolute atomic E-state index is 13.1. The fourth-order valence-electron chi connectivity index (χ4n) is 11.9. The van der Waals surface area contributed by atoms with Crippen molar-refractivity contribution in [2.75, 3.05) is 238 Å². The molecule has 4 N–H and O–H groups in total. The fourth-order valence-corrected chi connectivity index (χ4v) is 15.6. The molecule has 32 nitrogen and oxygen atoms in total. The number of aryl methyl sites for hydroxylation is 6. The van der Waals surface area contributed by atoms with E-state index in [9.17, 15) is 26.4 Å². The molecular weight excluding hydrogens is 1740 g/mol. The van der Waals surface area contributed by atoms with Crippen molar-refractivity contribution in [2.45, 2.75) is 90.7 Å². The number of nitrogens with one attached hydrogen (secondary N) is 2. The van der Waals surface area contributed by atoms with Crippen molar-refractivity contribution < 1.29 is 92.9 Å². The molecular formula is C85H119Cl3N12O20S4. The summed E-state index contributed by atoms with van der Waals surface area (Å²) in [6, 6.07) is 28.0. The van der Waals surface area contributed by atoms with E-state index in [0.29, 0.717) is 179 Å². The second kappa shape index (κ2) is 58.4. The molecule has 0 radical (unpaired) electrons. The molecule has 4 aromatic heterocycles. The lowest BCUT2D eigenvalue weighted by molar-refractivity contribution is -0.0724. The highest BCUT2D eigenvalue weighted by Gasteiger charge is 2.26. The number of piperazine rings is 2. The van der Waals surface area contributed by atoms with E-state index in [1.54, 1.807) is 42.7 Å². The minimum atomic E-state index is -3.72. The van der Waals surface area contributed by atoms with Gasteiger partial charge in [-0.15, -0.1) is 0 Å². The van der Waals surface area contributed by atoms with Crippen LogP contribution in [0.25, 0.3) is 0 Å². The van der Waals surface area contributed by atoms with E-state index in [1.807, 2.05) is 84.0 Å². The number of thiazole rings is 2. The van der Waals surface area contributed by atoms with Crippen LogP contribution in [0.15, 0.2) is 119 Å². The third-order valence-corrected chi connectivity index (χ3v) is 23.9. The van der Waals surface area contributed by atoms with Crippen LogP contribution in [0, 0.1) is 41.5 Å². The van der Waals surface area contributed by atoms with Crippen LogP contribution in [0.2, 0.25) is 10.0 Å². The third-order valence-electron chi connectivity index (χ3n) is 18.6. The SMILES string of the molecule is CCCOCCOCCOCCOS(=O)(=O)c1ccc(C)cc1.Cc1ccc(S(=O)(=O)Cl)cc1.Cc1nc(Nc2ncc(C(=O)Cc3c(C)cccc3Cl)s2)cc(N2CCN(CCOCCOCCOCCOCCOC(C)N3CCN(c4cc(Nc5ncc(C(=O)Cc6c(C)cccc6Cl)s5)nc(C)n4)CC3)CC2)n1.OCCOCCOCCOCCO. The van der Waals surface area contributed by atoms with Crippen LogP contribution < -0.4 is 20.4 Å². The highest BCUT2D eigenvalue weighted by atomic mass is 35.7. The van der Waals surface area contributed by atoms with Crippen LogP contribution >= 0.6 is 56.6 Å². The summed E-state index contributed by atoms with van der Waals surface area (Å²) in [5, 5.41) is 25.6. The van der Waals surface area contributed by atoms with Crippen molar-refractivity contribution in [3.8, 4) is 0 Å². The Hall–Kier alpha value is -7.03. The number of carbonyl (C=O) groups is 2. The number of Topliss-reactive ketones (excluding diaryl/α,β-unsaturated/α-hetero) is 2. The van der Waals surface area contributed by atoms with Crippen molar-refractivity contribution in [3.05, 3.63) is 174 Å². The van der Waals surface area contributed by atoms with E-state index < -0.39 is 19.2 Å². The molecule has 124 heavy (non-hydrogen) atoms. The number of benzene rings is 4. The fraction of sp³-hybridized carbons (Fsp3) is 0.529. The summed E-state index contributed by atoms with van der Waals surface area (Å²) in [5.74, 6) is 4.19. The lowest BCUT2D eigenvalue weighted by Crippen LogP contribution is -2.50. The molecule has 6 heterocycles. The van der Waals surface area contributed by atoms with E-state index in [0.717, 1.165) is 117 Å². The first-order chi connectivity index (χ1) is 59.8. The summed E-state index contributed by atoms with van der Waals surface area (Å²) in [5.41, 5.74) is 5.65. The number of hydrogen-bond donors (Lipinski definition) is 4. The van der Waals surface area contributed by atoms with Crippen LogP contribution in [0.5, 0.6) is 0 Å². The van der Waals surface area contributed by atoms with Crippen molar-refractivity contribution in [1.29, 1.82) is 0 Å². The first-order valence-electron chi connectivity index (χ1n) is 41.1. The molecule has 39 heteroatoms. The van der Waals surface area contributed by atoms with Gasteiger partial charge in [0, 0.05) is 111 Å². The van der Waals surface area contributed by atoms with Crippen molar-refractivity contribution in [1.82, 2.24) is 39.7 Å². The number of carbonyl (C=O) groups excluding carboxylic acids is 2. The number of hydrogen-bond acceptors (Lipinski definition) is 34. The van der Waals surface area contributed by atoms with Crippen LogP contribution in [-0.2, 0) is 88.3 Å². The predicted molar refractivity (Wildman–Crippen MR) is 482 cm³/mol. The van der Waals surface area contributed by atoms with Crippen LogP contribution in [-0.4, -0.2) is 302 Å². The Balaban J connectivity index is 0.000000361. The van der Waals surface area contributed by atoms with Crippen molar-refractivity contribution in [2.24, 2.45) is 0 Å². The number of halogens is 3. The highest BCUT2D eigenvalue weighted by Crippen LogP contribution is 2.31. The quantitative estimate of drug-likeness (QED) is 0.0119. The van der Waals surface area contributed by atoms with Gasteiger partial charge in [0.2, 0.25) is 0 Å². The van der Waals surface area contributed by atoms with E-state index in [4.69, 9.17) is 110 Å². The number of aliphatic hydroxyl groups is 2. The standard InChI is InChI=1S/C54H68Cl2N12O7S2.C16H26O6S.C8H18O5.C7H7ClO2S/c1-36-8-6-10-43(55)41(36)30-45(69)47-34-57-53(76-47)63-49-32-51(61-38(3)59-49)67-14-12-65(13-15-67)20-21-71-22-23-72-24-25-73-26-27-74-28-29-75-40(5)66-16-18-68(19-17-66)52-33-50(60-39(4)62-52)64-54-58-35-48(77-54)46(70)31-42-37(2)9-7-11-44(42)56;1-3-8-19-9-10-20-11-12-21-13-14-22-23(17,18)16-6-4-15(2)5-7-16;9-1-3-11-5-7-13-8-6-12-4-2-10;1-6-2-4-7(5-3-6)11(8,9)10/h6-11,32-35,40H,12-31H2,1-5H3,(H,57,59,61,63)(H,58,60,62,64);4-7H,3,8-14H2,1-2H3;9-10H,1-8H2;2-5H,1H3. The second-order valence-corrected chi connectivity index (χ2v) is 35.2. The van der Waals surface area contributed by atoms with E-state index in [-0.39, 0.29) is 66.9 Å². The van der Waals surface area contributed by atoms with Gasteiger partial charge in [0.1, 0.15) is 41.1 Å². The molecule has 0 saturated carbocycles.